The molecule has 2 aromatic rings. The third-order valence-corrected chi connectivity index (χ3v) is 3.37. The number of hydrogen-bond acceptors (Lipinski definition) is 3. The Balaban J connectivity index is 2.78. The minimum absolute atomic E-state index is 0.0563. The zero-order valence-corrected chi connectivity index (χ0v) is 11.1. The van der Waals surface area contributed by atoms with Crippen molar-refractivity contribution < 1.29 is 15.3 Å². The number of phenolic OH excluding ortho intramolecular Hbond substituents is 3. The van der Waals surface area contributed by atoms with Crippen LogP contribution in [0.1, 0.15) is 25.0 Å². The van der Waals surface area contributed by atoms with Gasteiger partial charge in [-0.15, -0.1) is 0 Å². The number of rotatable bonds is 3. The molecule has 2 rings (SSSR count). The van der Waals surface area contributed by atoms with E-state index >= 15 is 0 Å². The van der Waals surface area contributed by atoms with Crippen LogP contribution in [0.25, 0.3) is 11.1 Å². The fourth-order valence-corrected chi connectivity index (χ4v) is 2.36. The van der Waals surface area contributed by atoms with Crippen LogP contribution in [0.2, 0.25) is 0 Å². The van der Waals surface area contributed by atoms with E-state index in [1.165, 1.54) is 0 Å². The molecule has 3 N–H and O–H groups in total. The summed E-state index contributed by atoms with van der Waals surface area (Å²) in [5, 5.41) is 30.3. The van der Waals surface area contributed by atoms with Crippen molar-refractivity contribution in [2.45, 2.75) is 26.7 Å². The van der Waals surface area contributed by atoms with Gasteiger partial charge in [-0.2, -0.15) is 0 Å². The van der Waals surface area contributed by atoms with Crippen molar-refractivity contribution in [2.24, 2.45) is 0 Å². The number of aromatic hydroxyl groups is 3. The highest BCUT2D eigenvalue weighted by atomic mass is 16.3. The van der Waals surface area contributed by atoms with Crippen LogP contribution in [0.4, 0.5) is 0 Å². The molecule has 0 unspecified atom stereocenters. The van der Waals surface area contributed by atoms with E-state index in [1.54, 1.807) is 24.3 Å². The first-order valence-corrected chi connectivity index (χ1v) is 6.45. The molecule has 0 saturated heterocycles. The summed E-state index contributed by atoms with van der Waals surface area (Å²) in [4.78, 5) is 0. The molecule has 0 aromatic heterocycles. The number of aryl methyl sites for hydroxylation is 1. The molecular weight excluding hydrogens is 240 g/mol. The molecule has 2 aromatic carbocycles. The fraction of sp³-hybridized carbons (Fsp3) is 0.250. The monoisotopic (exact) mass is 258 g/mol. The highest BCUT2D eigenvalue weighted by molar-refractivity contribution is 5.80. The van der Waals surface area contributed by atoms with Crippen LogP contribution in [0.3, 0.4) is 0 Å². The van der Waals surface area contributed by atoms with E-state index < -0.39 is 0 Å². The van der Waals surface area contributed by atoms with Gasteiger partial charge in [-0.3, -0.25) is 0 Å². The Kier molecular flexibility index (Phi) is 3.65. The van der Waals surface area contributed by atoms with E-state index in [2.05, 4.69) is 0 Å². The highest BCUT2D eigenvalue weighted by Crippen LogP contribution is 2.43. The van der Waals surface area contributed by atoms with Crippen molar-refractivity contribution in [1.82, 2.24) is 0 Å². The van der Waals surface area contributed by atoms with Gasteiger partial charge in [-0.05, 0) is 30.5 Å². The molecule has 19 heavy (non-hydrogen) atoms. The summed E-state index contributed by atoms with van der Waals surface area (Å²) in [5.74, 6) is 0.289. The zero-order chi connectivity index (χ0) is 14.0. The first-order valence-electron chi connectivity index (χ1n) is 6.45. The van der Waals surface area contributed by atoms with Gasteiger partial charge in [0.1, 0.15) is 17.2 Å². The van der Waals surface area contributed by atoms with Crippen LogP contribution in [0, 0.1) is 0 Å². The van der Waals surface area contributed by atoms with Crippen LogP contribution in [-0.2, 0) is 12.8 Å². The van der Waals surface area contributed by atoms with Crippen LogP contribution < -0.4 is 0 Å². The molecule has 0 aliphatic carbocycles. The third-order valence-electron chi connectivity index (χ3n) is 3.37. The van der Waals surface area contributed by atoms with Gasteiger partial charge in [-0.1, -0.05) is 32.0 Å². The SMILES string of the molecule is CCc1cc(O)c(CC)c(O)c1-c1ccccc1O. The van der Waals surface area contributed by atoms with Crippen molar-refractivity contribution in [1.29, 1.82) is 0 Å². The van der Waals surface area contributed by atoms with Crippen molar-refractivity contribution in [3.63, 3.8) is 0 Å². The van der Waals surface area contributed by atoms with Gasteiger partial charge in [0, 0.05) is 16.7 Å². The highest BCUT2D eigenvalue weighted by Gasteiger charge is 2.18. The molecule has 3 nitrogen and oxygen atoms in total. The predicted molar refractivity (Wildman–Crippen MR) is 75.6 cm³/mol. The molecule has 100 valence electrons. The van der Waals surface area contributed by atoms with Gasteiger partial charge < -0.3 is 15.3 Å². The second-order valence-electron chi connectivity index (χ2n) is 4.48. The summed E-state index contributed by atoms with van der Waals surface area (Å²) < 4.78 is 0. The molecule has 0 heterocycles. The largest absolute Gasteiger partial charge is 0.508 e. The maximum atomic E-state index is 10.4. The van der Waals surface area contributed by atoms with Crippen LogP contribution in [0.5, 0.6) is 17.2 Å². The average Bonchev–Trinajstić information content (AvgIpc) is 2.40. The van der Waals surface area contributed by atoms with Crippen LogP contribution in [-0.4, -0.2) is 15.3 Å². The van der Waals surface area contributed by atoms with E-state index in [-0.39, 0.29) is 17.2 Å². The van der Waals surface area contributed by atoms with E-state index in [4.69, 9.17) is 0 Å². The molecule has 0 aliphatic heterocycles. The van der Waals surface area contributed by atoms with Gasteiger partial charge in [0.05, 0.1) is 0 Å². The number of benzene rings is 2. The van der Waals surface area contributed by atoms with E-state index in [9.17, 15) is 15.3 Å². The predicted octanol–water partition coefficient (Wildman–Crippen LogP) is 3.60. The molecule has 0 bridgehead atoms. The van der Waals surface area contributed by atoms with Gasteiger partial charge in [0.15, 0.2) is 0 Å². The molecule has 3 heteroatoms. The Morgan fingerprint density at radius 2 is 1.58 bits per heavy atom. The van der Waals surface area contributed by atoms with Gasteiger partial charge in [0.25, 0.3) is 0 Å². The first-order chi connectivity index (χ1) is 9.10. The van der Waals surface area contributed by atoms with E-state index in [0.717, 1.165) is 5.56 Å². The number of hydrogen-bond donors (Lipinski definition) is 3. The van der Waals surface area contributed by atoms with Gasteiger partial charge in [0.2, 0.25) is 0 Å². The van der Waals surface area contributed by atoms with Crippen molar-refractivity contribution in [2.75, 3.05) is 0 Å². The van der Waals surface area contributed by atoms with Crippen molar-refractivity contribution >= 4 is 0 Å². The Bertz CT molecular complexity index is 603. The second kappa shape index (κ2) is 5.22. The fourth-order valence-electron chi connectivity index (χ4n) is 2.36. The molecule has 0 atom stereocenters. The molecule has 0 amide bonds. The quantitative estimate of drug-likeness (QED) is 0.788. The maximum Gasteiger partial charge on any atom is 0.130 e. The molecular formula is C16H18O3. The Morgan fingerprint density at radius 3 is 2.16 bits per heavy atom. The summed E-state index contributed by atoms with van der Waals surface area (Å²) >= 11 is 0. The number of para-hydroxylation sites is 1. The van der Waals surface area contributed by atoms with Gasteiger partial charge in [-0.25, -0.2) is 0 Å². The Hall–Kier alpha value is -2.16. The van der Waals surface area contributed by atoms with Crippen molar-refractivity contribution in [3.05, 3.63) is 41.5 Å². The van der Waals surface area contributed by atoms with E-state index in [0.29, 0.717) is 29.5 Å². The topological polar surface area (TPSA) is 60.7 Å². The van der Waals surface area contributed by atoms with Gasteiger partial charge >= 0.3 is 0 Å². The summed E-state index contributed by atoms with van der Waals surface area (Å²) in [7, 11) is 0. The maximum absolute atomic E-state index is 10.4. The minimum Gasteiger partial charge on any atom is -0.508 e. The molecule has 0 spiro atoms. The lowest BCUT2D eigenvalue weighted by Crippen LogP contribution is -1.94. The Labute approximate surface area is 112 Å². The number of phenols is 3. The summed E-state index contributed by atoms with van der Waals surface area (Å²) in [6, 6.07) is 8.57. The van der Waals surface area contributed by atoms with Crippen LogP contribution >= 0.6 is 0 Å². The first kappa shape index (κ1) is 13.3. The molecule has 0 fully saturated rings. The molecule has 0 aliphatic rings. The molecule has 0 radical (unpaired) electrons. The minimum atomic E-state index is 0.0563. The lowest BCUT2D eigenvalue weighted by Gasteiger charge is -2.16. The average molecular weight is 258 g/mol. The van der Waals surface area contributed by atoms with Crippen molar-refractivity contribution in [3.8, 4) is 28.4 Å². The summed E-state index contributed by atoms with van der Waals surface area (Å²) in [6.45, 7) is 3.82. The Morgan fingerprint density at radius 1 is 0.895 bits per heavy atom. The lowest BCUT2D eigenvalue weighted by atomic mass is 9.92. The molecule has 0 saturated carbocycles. The summed E-state index contributed by atoms with van der Waals surface area (Å²) in [6.07, 6.45) is 1.19. The normalized spacial score (nSPS) is 10.6. The standard InChI is InChI=1S/C16H18O3/c1-3-10-9-14(18)11(4-2)16(19)15(10)12-7-5-6-8-13(12)17/h5-9,17-19H,3-4H2,1-2H3. The third kappa shape index (κ3) is 2.24. The van der Waals surface area contributed by atoms with Crippen LogP contribution in [0.15, 0.2) is 30.3 Å². The second-order valence-corrected chi connectivity index (χ2v) is 4.48. The summed E-state index contributed by atoms with van der Waals surface area (Å²) in [5.41, 5.74) is 2.52. The zero-order valence-electron chi connectivity index (χ0n) is 11.1. The lowest BCUT2D eigenvalue weighted by molar-refractivity contribution is 0.438. The smallest absolute Gasteiger partial charge is 0.130 e. The van der Waals surface area contributed by atoms with E-state index in [1.807, 2.05) is 19.9 Å².